The highest BCUT2D eigenvalue weighted by Crippen LogP contribution is 2.17. The molecule has 2 aromatic rings. The molecule has 1 N–H and O–H groups in total. The number of hydrogen-bond acceptors (Lipinski definition) is 3. The van der Waals surface area contributed by atoms with E-state index in [0.717, 1.165) is 36.2 Å². The van der Waals surface area contributed by atoms with E-state index in [2.05, 4.69) is 48.5 Å². The van der Waals surface area contributed by atoms with Crippen LogP contribution < -0.4 is 10.9 Å². The molecule has 4 nitrogen and oxygen atoms in total. The lowest BCUT2D eigenvalue weighted by atomic mass is 10.1. The van der Waals surface area contributed by atoms with Crippen LogP contribution in [0.2, 0.25) is 0 Å². The topological polar surface area (TPSA) is 46.9 Å². The second-order valence-electron chi connectivity index (χ2n) is 5.21. The van der Waals surface area contributed by atoms with Crippen molar-refractivity contribution in [3.63, 3.8) is 0 Å². The third-order valence-electron chi connectivity index (χ3n) is 3.54. The van der Waals surface area contributed by atoms with Gasteiger partial charge in [-0.2, -0.15) is 5.10 Å². The van der Waals surface area contributed by atoms with Crippen LogP contribution in [0.25, 0.3) is 11.3 Å². The van der Waals surface area contributed by atoms with Crippen molar-refractivity contribution in [3.8, 4) is 11.3 Å². The van der Waals surface area contributed by atoms with Crippen LogP contribution >= 0.6 is 0 Å². The third kappa shape index (κ3) is 3.79. The molecule has 4 heteroatoms. The maximum absolute atomic E-state index is 12.1. The van der Waals surface area contributed by atoms with Crippen LogP contribution in [-0.4, -0.2) is 16.3 Å². The fraction of sp³-hybridized carbons (Fsp3) is 0.412. The van der Waals surface area contributed by atoms with Crippen molar-refractivity contribution < 1.29 is 0 Å². The highest BCUT2D eigenvalue weighted by atomic mass is 16.1. The molecular weight excluding hydrogens is 262 g/mol. The number of nitrogens with one attached hydrogen (secondary N) is 1. The molecule has 0 aliphatic heterocycles. The standard InChI is InChI=1S/C17H23N3O/c1-4-10-18-12-15-11-16(19-20(3)17(15)21)14-8-6-13(5-2)7-9-14/h6-9,11,18H,4-5,10,12H2,1-3H3. The molecule has 112 valence electrons. The summed E-state index contributed by atoms with van der Waals surface area (Å²) >= 11 is 0. The van der Waals surface area contributed by atoms with Gasteiger partial charge in [-0.05, 0) is 31.0 Å². The molecule has 0 aliphatic carbocycles. The first-order valence-electron chi connectivity index (χ1n) is 7.53. The van der Waals surface area contributed by atoms with E-state index in [9.17, 15) is 4.79 Å². The smallest absolute Gasteiger partial charge is 0.271 e. The van der Waals surface area contributed by atoms with Crippen LogP contribution in [0.15, 0.2) is 35.1 Å². The highest BCUT2D eigenvalue weighted by Gasteiger charge is 2.07. The minimum Gasteiger partial charge on any atom is -0.312 e. The van der Waals surface area contributed by atoms with Crippen molar-refractivity contribution in [2.75, 3.05) is 6.54 Å². The van der Waals surface area contributed by atoms with E-state index in [0.29, 0.717) is 6.54 Å². The molecule has 0 radical (unpaired) electrons. The Bertz CT molecular complexity index is 644. The van der Waals surface area contributed by atoms with Gasteiger partial charge in [-0.25, -0.2) is 4.68 Å². The van der Waals surface area contributed by atoms with Gasteiger partial charge in [0.15, 0.2) is 0 Å². The summed E-state index contributed by atoms with van der Waals surface area (Å²) in [5.41, 5.74) is 3.91. The molecule has 21 heavy (non-hydrogen) atoms. The zero-order valence-electron chi connectivity index (χ0n) is 13.0. The van der Waals surface area contributed by atoms with Gasteiger partial charge in [-0.1, -0.05) is 38.1 Å². The predicted octanol–water partition coefficient (Wildman–Crippen LogP) is 2.51. The fourth-order valence-corrected chi connectivity index (χ4v) is 2.25. The summed E-state index contributed by atoms with van der Waals surface area (Å²) in [6.45, 7) is 5.74. The van der Waals surface area contributed by atoms with Crippen molar-refractivity contribution >= 4 is 0 Å². The molecule has 1 aromatic heterocycles. The Morgan fingerprint density at radius 1 is 1.19 bits per heavy atom. The van der Waals surface area contributed by atoms with Crippen LogP contribution in [0, 0.1) is 0 Å². The summed E-state index contributed by atoms with van der Waals surface area (Å²) < 4.78 is 1.42. The van der Waals surface area contributed by atoms with E-state index in [1.807, 2.05) is 6.07 Å². The van der Waals surface area contributed by atoms with E-state index >= 15 is 0 Å². The first-order chi connectivity index (χ1) is 10.2. The number of aryl methyl sites for hydroxylation is 2. The number of rotatable bonds is 6. The zero-order valence-corrected chi connectivity index (χ0v) is 13.0. The Kier molecular flexibility index (Phi) is 5.28. The SMILES string of the molecule is CCCNCc1cc(-c2ccc(CC)cc2)nn(C)c1=O. The lowest BCUT2D eigenvalue weighted by molar-refractivity contribution is 0.643. The molecule has 0 atom stereocenters. The molecule has 0 fully saturated rings. The number of nitrogens with zero attached hydrogens (tertiary/aromatic N) is 2. The van der Waals surface area contributed by atoms with E-state index in [4.69, 9.17) is 0 Å². The summed E-state index contributed by atoms with van der Waals surface area (Å²) in [6, 6.07) is 10.2. The minimum absolute atomic E-state index is 0.0347. The first-order valence-corrected chi connectivity index (χ1v) is 7.53. The van der Waals surface area contributed by atoms with Crippen molar-refractivity contribution in [2.24, 2.45) is 7.05 Å². The van der Waals surface area contributed by atoms with Crippen molar-refractivity contribution in [3.05, 3.63) is 51.8 Å². The van der Waals surface area contributed by atoms with Gasteiger partial charge in [0.1, 0.15) is 0 Å². The molecular formula is C17H23N3O. The Morgan fingerprint density at radius 2 is 1.90 bits per heavy atom. The molecule has 0 bridgehead atoms. The monoisotopic (exact) mass is 285 g/mol. The zero-order chi connectivity index (χ0) is 15.2. The van der Waals surface area contributed by atoms with Crippen molar-refractivity contribution in [2.45, 2.75) is 33.2 Å². The summed E-state index contributed by atoms with van der Waals surface area (Å²) in [5.74, 6) is 0. The van der Waals surface area contributed by atoms with Gasteiger partial charge in [0, 0.05) is 24.7 Å². The van der Waals surface area contributed by atoms with Gasteiger partial charge in [-0.15, -0.1) is 0 Å². The molecule has 1 heterocycles. The number of hydrogen-bond donors (Lipinski definition) is 1. The van der Waals surface area contributed by atoms with E-state index in [-0.39, 0.29) is 5.56 Å². The van der Waals surface area contributed by atoms with Gasteiger partial charge in [0.25, 0.3) is 5.56 Å². The second-order valence-corrected chi connectivity index (χ2v) is 5.21. The molecule has 0 saturated heterocycles. The maximum atomic E-state index is 12.1. The Morgan fingerprint density at radius 3 is 2.52 bits per heavy atom. The maximum Gasteiger partial charge on any atom is 0.271 e. The summed E-state index contributed by atoms with van der Waals surface area (Å²) in [4.78, 5) is 12.1. The van der Waals surface area contributed by atoms with Crippen molar-refractivity contribution in [1.82, 2.24) is 15.1 Å². The fourth-order valence-electron chi connectivity index (χ4n) is 2.25. The van der Waals surface area contributed by atoms with Gasteiger partial charge in [0.05, 0.1) is 5.69 Å². The molecule has 0 spiro atoms. The van der Waals surface area contributed by atoms with Crippen LogP contribution in [0.4, 0.5) is 0 Å². The molecule has 0 aliphatic rings. The molecule has 0 saturated carbocycles. The lowest BCUT2D eigenvalue weighted by Gasteiger charge is -2.09. The van der Waals surface area contributed by atoms with E-state index in [1.165, 1.54) is 10.2 Å². The highest BCUT2D eigenvalue weighted by molar-refractivity contribution is 5.59. The summed E-state index contributed by atoms with van der Waals surface area (Å²) in [5, 5.41) is 7.64. The number of aromatic nitrogens is 2. The second kappa shape index (κ2) is 7.18. The van der Waals surface area contributed by atoms with Gasteiger partial charge < -0.3 is 5.32 Å². The molecule has 0 unspecified atom stereocenters. The predicted molar refractivity (Wildman–Crippen MR) is 86.3 cm³/mol. The summed E-state index contributed by atoms with van der Waals surface area (Å²) in [6.07, 6.45) is 2.07. The van der Waals surface area contributed by atoms with Crippen LogP contribution in [0.5, 0.6) is 0 Å². The Labute approximate surface area is 125 Å². The van der Waals surface area contributed by atoms with Gasteiger partial charge in [0.2, 0.25) is 0 Å². The normalized spacial score (nSPS) is 10.8. The van der Waals surface area contributed by atoms with Crippen LogP contribution in [0.1, 0.15) is 31.4 Å². The van der Waals surface area contributed by atoms with Gasteiger partial charge >= 0.3 is 0 Å². The molecule has 2 rings (SSSR count). The minimum atomic E-state index is -0.0347. The lowest BCUT2D eigenvalue weighted by Crippen LogP contribution is -2.27. The summed E-state index contributed by atoms with van der Waals surface area (Å²) in [7, 11) is 1.70. The number of benzene rings is 1. The Hall–Kier alpha value is -1.94. The van der Waals surface area contributed by atoms with E-state index in [1.54, 1.807) is 7.05 Å². The van der Waals surface area contributed by atoms with Crippen LogP contribution in [0.3, 0.4) is 0 Å². The average Bonchev–Trinajstić information content (AvgIpc) is 2.51. The largest absolute Gasteiger partial charge is 0.312 e. The Balaban J connectivity index is 2.32. The van der Waals surface area contributed by atoms with Gasteiger partial charge in [-0.3, -0.25) is 4.79 Å². The van der Waals surface area contributed by atoms with Crippen molar-refractivity contribution in [1.29, 1.82) is 0 Å². The third-order valence-corrected chi connectivity index (χ3v) is 3.54. The van der Waals surface area contributed by atoms with Crippen LogP contribution in [-0.2, 0) is 20.0 Å². The first kappa shape index (κ1) is 15.4. The quantitative estimate of drug-likeness (QED) is 0.830. The molecule has 0 amide bonds. The average molecular weight is 285 g/mol. The molecule has 1 aromatic carbocycles. The van der Waals surface area contributed by atoms with E-state index < -0.39 is 0 Å².